The average molecular weight is 431 g/mol. The lowest BCUT2D eigenvalue weighted by molar-refractivity contribution is -0.134. The van der Waals surface area contributed by atoms with E-state index in [1.807, 2.05) is 31.2 Å². The van der Waals surface area contributed by atoms with Gasteiger partial charge in [0.2, 0.25) is 10.0 Å². The maximum atomic E-state index is 12.7. The van der Waals surface area contributed by atoms with Crippen LogP contribution in [-0.4, -0.2) is 63.4 Å². The second-order valence-electron chi connectivity index (χ2n) is 6.80. The SMILES string of the molecule is C/C=C\c1ccc(OCC(=O)N2CCN(S(=O)(=O)c3ccccc3)CC2)c(OC)c1. The van der Waals surface area contributed by atoms with Crippen molar-refractivity contribution < 1.29 is 22.7 Å². The molecule has 0 bridgehead atoms. The quantitative estimate of drug-likeness (QED) is 0.675. The Morgan fingerprint density at radius 3 is 2.37 bits per heavy atom. The van der Waals surface area contributed by atoms with Crippen molar-refractivity contribution >= 4 is 22.0 Å². The van der Waals surface area contributed by atoms with Gasteiger partial charge >= 0.3 is 0 Å². The Morgan fingerprint density at radius 2 is 1.73 bits per heavy atom. The first-order valence-corrected chi connectivity index (χ1v) is 11.2. The van der Waals surface area contributed by atoms with E-state index in [0.29, 0.717) is 24.6 Å². The number of benzene rings is 2. The molecular formula is C22H26N2O5S. The van der Waals surface area contributed by atoms with Gasteiger partial charge < -0.3 is 14.4 Å². The van der Waals surface area contributed by atoms with Crippen molar-refractivity contribution in [1.82, 2.24) is 9.21 Å². The highest BCUT2D eigenvalue weighted by atomic mass is 32.2. The zero-order valence-corrected chi connectivity index (χ0v) is 18.0. The molecule has 0 atom stereocenters. The Hall–Kier alpha value is -2.84. The molecule has 3 rings (SSSR count). The van der Waals surface area contributed by atoms with E-state index in [1.165, 1.54) is 4.31 Å². The largest absolute Gasteiger partial charge is 0.493 e. The van der Waals surface area contributed by atoms with Crippen molar-refractivity contribution in [3.63, 3.8) is 0 Å². The summed E-state index contributed by atoms with van der Waals surface area (Å²) in [6.45, 7) is 2.96. The molecule has 1 saturated heterocycles. The van der Waals surface area contributed by atoms with E-state index in [1.54, 1.807) is 48.4 Å². The standard InChI is InChI=1S/C22H26N2O5S/c1-3-7-18-10-11-20(21(16-18)28-2)29-17-22(25)23-12-14-24(15-13-23)30(26,27)19-8-5-4-6-9-19/h3-11,16H,12-15,17H2,1-2H3/b7-3-. The van der Waals surface area contributed by atoms with Crippen LogP contribution in [0.3, 0.4) is 0 Å². The van der Waals surface area contributed by atoms with Gasteiger partial charge in [0.15, 0.2) is 18.1 Å². The van der Waals surface area contributed by atoms with Gasteiger partial charge in [0.25, 0.3) is 5.91 Å². The minimum atomic E-state index is -3.54. The van der Waals surface area contributed by atoms with Crippen molar-refractivity contribution in [1.29, 1.82) is 0 Å². The number of amides is 1. The number of allylic oxidation sites excluding steroid dienone is 1. The van der Waals surface area contributed by atoms with Crippen LogP contribution in [0.5, 0.6) is 11.5 Å². The van der Waals surface area contributed by atoms with E-state index in [2.05, 4.69) is 0 Å². The molecule has 0 aromatic heterocycles. The average Bonchev–Trinajstić information content (AvgIpc) is 2.78. The summed E-state index contributed by atoms with van der Waals surface area (Å²) in [5.41, 5.74) is 0.976. The highest BCUT2D eigenvalue weighted by Crippen LogP contribution is 2.28. The first-order valence-electron chi connectivity index (χ1n) is 9.72. The smallest absolute Gasteiger partial charge is 0.260 e. The zero-order valence-electron chi connectivity index (χ0n) is 17.2. The van der Waals surface area contributed by atoms with Crippen LogP contribution in [0.4, 0.5) is 0 Å². The minimum absolute atomic E-state index is 0.134. The van der Waals surface area contributed by atoms with Crippen LogP contribution in [0, 0.1) is 0 Å². The molecule has 0 unspecified atom stereocenters. The number of sulfonamides is 1. The number of rotatable bonds is 7. The summed E-state index contributed by atoms with van der Waals surface area (Å²) in [7, 11) is -1.99. The van der Waals surface area contributed by atoms with Crippen LogP contribution in [0.25, 0.3) is 6.08 Å². The van der Waals surface area contributed by atoms with Crippen LogP contribution in [0.2, 0.25) is 0 Å². The second-order valence-corrected chi connectivity index (χ2v) is 8.73. The molecule has 0 spiro atoms. The molecule has 1 aliphatic rings. The second kappa shape index (κ2) is 9.77. The number of piperazine rings is 1. The van der Waals surface area contributed by atoms with Gasteiger partial charge in [-0.3, -0.25) is 4.79 Å². The van der Waals surface area contributed by atoms with Gasteiger partial charge in [-0.05, 0) is 36.8 Å². The number of carbonyl (C=O) groups excluding carboxylic acids is 1. The number of hydrogen-bond acceptors (Lipinski definition) is 5. The lowest BCUT2D eigenvalue weighted by Crippen LogP contribution is -2.51. The monoisotopic (exact) mass is 430 g/mol. The maximum absolute atomic E-state index is 12.7. The summed E-state index contributed by atoms with van der Waals surface area (Å²) in [5, 5.41) is 0. The fraction of sp³-hybridized carbons (Fsp3) is 0.318. The van der Waals surface area contributed by atoms with Crippen LogP contribution in [0.15, 0.2) is 59.5 Å². The molecule has 1 fully saturated rings. The molecule has 2 aromatic rings. The van der Waals surface area contributed by atoms with Crippen molar-refractivity contribution in [2.45, 2.75) is 11.8 Å². The highest BCUT2D eigenvalue weighted by Gasteiger charge is 2.30. The Morgan fingerprint density at radius 1 is 1.03 bits per heavy atom. The first-order chi connectivity index (χ1) is 14.5. The van der Waals surface area contributed by atoms with Gasteiger partial charge in [0.1, 0.15) is 0 Å². The van der Waals surface area contributed by atoms with Gasteiger partial charge in [0.05, 0.1) is 12.0 Å². The first kappa shape index (κ1) is 21.9. The van der Waals surface area contributed by atoms with Crippen LogP contribution < -0.4 is 9.47 Å². The molecule has 0 aliphatic carbocycles. The van der Waals surface area contributed by atoms with Crippen molar-refractivity contribution in [3.05, 3.63) is 60.2 Å². The summed E-state index contributed by atoms with van der Waals surface area (Å²) in [5.74, 6) is 0.855. The van der Waals surface area contributed by atoms with Crippen molar-refractivity contribution in [2.75, 3.05) is 39.9 Å². The van der Waals surface area contributed by atoms with E-state index in [4.69, 9.17) is 9.47 Å². The highest BCUT2D eigenvalue weighted by molar-refractivity contribution is 7.89. The van der Waals surface area contributed by atoms with Gasteiger partial charge in [0, 0.05) is 26.2 Å². The number of hydrogen-bond donors (Lipinski definition) is 0. The zero-order chi connectivity index (χ0) is 21.6. The summed E-state index contributed by atoms with van der Waals surface area (Å²) >= 11 is 0. The predicted octanol–water partition coefficient (Wildman–Crippen LogP) is 2.64. The Balaban J connectivity index is 1.56. The van der Waals surface area contributed by atoms with E-state index in [0.717, 1.165) is 5.56 Å². The number of carbonyl (C=O) groups is 1. The van der Waals surface area contributed by atoms with Gasteiger partial charge in [-0.25, -0.2) is 8.42 Å². The molecule has 0 N–H and O–H groups in total. The number of methoxy groups -OCH3 is 1. The molecule has 1 aliphatic heterocycles. The maximum Gasteiger partial charge on any atom is 0.260 e. The number of nitrogens with zero attached hydrogens (tertiary/aromatic N) is 2. The van der Waals surface area contributed by atoms with Crippen molar-refractivity contribution in [2.24, 2.45) is 0 Å². The number of ether oxygens (including phenoxy) is 2. The normalized spacial score (nSPS) is 15.3. The Bertz CT molecular complexity index is 997. The summed E-state index contributed by atoms with van der Waals surface area (Å²) in [6, 6.07) is 13.8. The third kappa shape index (κ3) is 5.01. The molecule has 0 saturated carbocycles. The van der Waals surface area contributed by atoms with E-state index >= 15 is 0 Å². The molecule has 8 heteroatoms. The molecule has 7 nitrogen and oxygen atoms in total. The van der Waals surface area contributed by atoms with Crippen LogP contribution >= 0.6 is 0 Å². The van der Waals surface area contributed by atoms with Gasteiger partial charge in [-0.1, -0.05) is 36.4 Å². The third-order valence-electron chi connectivity index (χ3n) is 4.87. The van der Waals surface area contributed by atoms with E-state index < -0.39 is 10.0 Å². The summed E-state index contributed by atoms with van der Waals surface area (Å²) < 4.78 is 37.8. The lowest BCUT2D eigenvalue weighted by Gasteiger charge is -2.34. The molecule has 1 heterocycles. The Labute approximate surface area is 177 Å². The van der Waals surface area contributed by atoms with Crippen LogP contribution in [0.1, 0.15) is 12.5 Å². The molecule has 0 radical (unpaired) electrons. The summed E-state index contributed by atoms with van der Waals surface area (Å²) in [4.78, 5) is 14.4. The molecule has 30 heavy (non-hydrogen) atoms. The van der Waals surface area contributed by atoms with E-state index in [9.17, 15) is 13.2 Å². The topological polar surface area (TPSA) is 76.2 Å². The van der Waals surface area contributed by atoms with E-state index in [-0.39, 0.29) is 30.5 Å². The third-order valence-corrected chi connectivity index (χ3v) is 6.78. The Kier molecular flexibility index (Phi) is 7.12. The fourth-order valence-electron chi connectivity index (χ4n) is 3.25. The fourth-order valence-corrected chi connectivity index (χ4v) is 4.69. The van der Waals surface area contributed by atoms with Crippen LogP contribution in [-0.2, 0) is 14.8 Å². The minimum Gasteiger partial charge on any atom is -0.493 e. The predicted molar refractivity (Wildman–Crippen MR) is 115 cm³/mol. The lowest BCUT2D eigenvalue weighted by atomic mass is 10.2. The molecule has 160 valence electrons. The molecule has 2 aromatic carbocycles. The summed E-state index contributed by atoms with van der Waals surface area (Å²) in [6.07, 6.45) is 3.87. The molecular weight excluding hydrogens is 404 g/mol. The van der Waals surface area contributed by atoms with Gasteiger partial charge in [-0.2, -0.15) is 4.31 Å². The van der Waals surface area contributed by atoms with Gasteiger partial charge in [-0.15, -0.1) is 0 Å². The molecule has 1 amide bonds. The van der Waals surface area contributed by atoms with Crippen molar-refractivity contribution in [3.8, 4) is 11.5 Å².